The van der Waals surface area contributed by atoms with E-state index < -0.39 is 0 Å². The van der Waals surface area contributed by atoms with E-state index in [0.29, 0.717) is 29.1 Å². The highest BCUT2D eigenvalue weighted by Gasteiger charge is 2.17. The molecule has 0 aliphatic heterocycles. The van der Waals surface area contributed by atoms with E-state index in [4.69, 9.17) is 10.5 Å². The first-order valence-corrected chi connectivity index (χ1v) is 10.5. The molecule has 4 aromatic rings. The number of rotatable bonds is 6. The molecule has 32 heavy (non-hydrogen) atoms. The third kappa shape index (κ3) is 3.97. The smallest absolute Gasteiger partial charge is 0.316 e. The average molecular weight is 428 g/mol. The number of nitrogens with two attached hydrogens (primary N) is 1. The highest BCUT2D eigenvalue weighted by Crippen LogP contribution is 2.27. The van der Waals surface area contributed by atoms with Gasteiger partial charge in [0.25, 0.3) is 5.56 Å². The minimum Gasteiger partial charge on any atom is -0.464 e. The van der Waals surface area contributed by atoms with E-state index in [0.717, 1.165) is 22.9 Å². The Balaban J connectivity index is 2.02. The molecule has 0 unspecified atom stereocenters. The summed E-state index contributed by atoms with van der Waals surface area (Å²) in [6.45, 7) is 4.41. The van der Waals surface area contributed by atoms with Crippen LogP contribution in [-0.2, 0) is 6.42 Å². The molecule has 0 saturated carbocycles. The summed E-state index contributed by atoms with van der Waals surface area (Å²) < 4.78 is 7.09. The maximum Gasteiger partial charge on any atom is 0.316 e. The molecule has 0 radical (unpaired) electrons. The van der Waals surface area contributed by atoms with Crippen molar-refractivity contribution in [1.82, 2.24) is 14.5 Å². The van der Waals surface area contributed by atoms with Crippen LogP contribution in [0.25, 0.3) is 27.7 Å². The number of hydrogen-bond donors (Lipinski definition) is 1. The largest absolute Gasteiger partial charge is 0.464 e. The zero-order chi connectivity index (χ0) is 22.7. The van der Waals surface area contributed by atoms with Gasteiger partial charge in [0.05, 0.1) is 17.7 Å². The lowest BCUT2D eigenvalue weighted by molar-refractivity contribution is 0.314. The van der Waals surface area contributed by atoms with Crippen molar-refractivity contribution in [2.24, 2.45) is 4.99 Å². The maximum absolute atomic E-state index is 13.8. The predicted octanol–water partition coefficient (Wildman–Crippen LogP) is 4.04. The van der Waals surface area contributed by atoms with Gasteiger partial charge in [-0.3, -0.25) is 14.4 Å². The summed E-state index contributed by atoms with van der Waals surface area (Å²) in [7, 11) is 1.68. The molecule has 0 saturated heterocycles. The number of hydrogen-bond acceptors (Lipinski definition) is 6. The predicted molar refractivity (Wildman–Crippen MR) is 129 cm³/mol. The first-order chi connectivity index (χ1) is 15.5. The SMILES string of the molecule is CCOc1ncc2cn(-c3ccc(N)c(C=NC)c3)c(=O)c(-c3ccc(CC)cc3)c2n1. The first-order valence-electron chi connectivity index (χ1n) is 10.5. The fourth-order valence-corrected chi connectivity index (χ4v) is 3.61. The fourth-order valence-electron chi connectivity index (χ4n) is 3.61. The minimum atomic E-state index is -0.188. The number of aryl methyl sites for hydroxylation is 1. The van der Waals surface area contributed by atoms with Crippen molar-refractivity contribution in [1.29, 1.82) is 0 Å². The van der Waals surface area contributed by atoms with Gasteiger partial charge < -0.3 is 10.5 Å². The van der Waals surface area contributed by atoms with E-state index in [1.54, 1.807) is 36.3 Å². The topological polar surface area (TPSA) is 95.4 Å². The van der Waals surface area contributed by atoms with Crippen LogP contribution >= 0.6 is 0 Å². The molecule has 2 aromatic heterocycles. The number of fused-ring (bicyclic) bond motifs is 1. The van der Waals surface area contributed by atoms with Gasteiger partial charge in [-0.15, -0.1) is 0 Å². The lowest BCUT2D eigenvalue weighted by Gasteiger charge is -2.14. The number of aromatic nitrogens is 3. The normalized spacial score (nSPS) is 11.3. The van der Waals surface area contributed by atoms with E-state index in [-0.39, 0.29) is 11.6 Å². The second-order valence-electron chi connectivity index (χ2n) is 7.32. The molecule has 0 amide bonds. The Bertz CT molecular complexity index is 1360. The lowest BCUT2D eigenvalue weighted by atomic mass is 10.0. The van der Waals surface area contributed by atoms with E-state index in [9.17, 15) is 4.79 Å². The Morgan fingerprint density at radius 1 is 1.16 bits per heavy atom. The number of nitrogens with zero attached hydrogens (tertiary/aromatic N) is 4. The van der Waals surface area contributed by atoms with Gasteiger partial charge in [-0.2, -0.15) is 4.98 Å². The van der Waals surface area contributed by atoms with E-state index in [1.807, 2.05) is 43.3 Å². The zero-order valence-corrected chi connectivity index (χ0v) is 18.4. The summed E-state index contributed by atoms with van der Waals surface area (Å²) in [4.78, 5) is 26.7. The number of nitrogen functional groups attached to an aromatic ring is 1. The van der Waals surface area contributed by atoms with Gasteiger partial charge in [-0.25, -0.2) is 4.98 Å². The van der Waals surface area contributed by atoms with Gasteiger partial charge in [0.15, 0.2) is 0 Å². The molecule has 0 bridgehead atoms. The van der Waals surface area contributed by atoms with Crippen LogP contribution in [0.3, 0.4) is 0 Å². The summed E-state index contributed by atoms with van der Waals surface area (Å²) in [6, 6.07) is 13.7. The molecule has 2 N–H and O–H groups in total. The monoisotopic (exact) mass is 427 g/mol. The summed E-state index contributed by atoms with van der Waals surface area (Å²) >= 11 is 0. The molecule has 2 aromatic carbocycles. The van der Waals surface area contributed by atoms with Crippen LogP contribution in [0.5, 0.6) is 6.01 Å². The van der Waals surface area contributed by atoms with Gasteiger partial charge in [-0.1, -0.05) is 31.2 Å². The summed E-state index contributed by atoms with van der Waals surface area (Å²) in [5, 5.41) is 0.727. The molecule has 162 valence electrons. The van der Waals surface area contributed by atoms with Crippen molar-refractivity contribution >= 4 is 22.8 Å². The third-order valence-electron chi connectivity index (χ3n) is 5.27. The van der Waals surface area contributed by atoms with E-state index in [2.05, 4.69) is 21.9 Å². The van der Waals surface area contributed by atoms with E-state index in [1.165, 1.54) is 5.56 Å². The number of ether oxygens (including phenoxy) is 1. The molecular weight excluding hydrogens is 402 g/mol. The molecule has 2 heterocycles. The Morgan fingerprint density at radius 3 is 2.62 bits per heavy atom. The second kappa shape index (κ2) is 9.01. The van der Waals surface area contributed by atoms with Crippen LogP contribution in [0.4, 0.5) is 5.69 Å². The van der Waals surface area contributed by atoms with Gasteiger partial charge in [-0.05, 0) is 42.7 Å². The number of anilines is 1. The molecule has 0 aliphatic carbocycles. The maximum atomic E-state index is 13.8. The number of pyridine rings is 1. The summed E-state index contributed by atoms with van der Waals surface area (Å²) in [5.41, 5.74) is 10.9. The van der Waals surface area contributed by atoms with Gasteiger partial charge in [0.1, 0.15) is 0 Å². The molecule has 7 nitrogen and oxygen atoms in total. The van der Waals surface area contributed by atoms with Gasteiger partial charge >= 0.3 is 6.01 Å². The molecular formula is C25H25N5O2. The molecule has 0 aliphatic rings. The van der Waals surface area contributed by atoms with Crippen LogP contribution in [0.1, 0.15) is 25.0 Å². The molecule has 7 heteroatoms. The molecule has 0 atom stereocenters. The van der Waals surface area contributed by atoms with Crippen molar-refractivity contribution in [2.75, 3.05) is 19.4 Å². The number of aliphatic imine (C=N–C) groups is 1. The van der Waals surface area contributed by atoms with E-state index >= 15 is 0 Å². The summed E-state index contributed by atoms with van der Waals surface area (Å²) in [5.74, 6) is 0. The summed E-state index contributed by atoms with van der Waals surface area (Å²) in [6.07, 6.45) is 6.02. The highest BCUT2D eigenvalue weighted by molar-refractivity contribution is 5.93. The van der Waals surface area contributed by atoms with Crippen LogP contribution in [-0.4, -0.2) is 34.4 Å². The fraction of sp³-hybridized carbons (Fsp3) is 0.200. The van der Waals surface area contributed by atoms with Crippen LogP contribution in [0, 0.1) is 0 Å². The third-order valence-corrected chi connectivity index (χ3v) is 5.27. The molecule has 0 fully saturated rings. The van der Waals surface area contributed by atoms with Crippen molar-refractivity contribution in [3.05, 3.63) is 76.3 Å². The molecule has 4 rings (SSSR count). The second-order valence-corrected chi connectivity index (χ2v) is 7.32. The van der Waals surface area contributed by atoms with Gasteiger partial charge in [0.2, 0.25) is 0 Å². The zero-order valence-electron chi connectivity index (χ0n) is 18.4. The van der Waals surface area contributed by atoms with Crippen LogP contribution in [0.15, 0.2) is 64.6 Å². The quantitative estimate of drug-likeness (QED) is 0.370. The standard InChI is InChI=1S/C25H25N5O2/c1-4-16-6-8-17(9-7-16)22-23-19(14-28-25(29-23)32-5-2)15-30(24(22)31)20-10-11-21(26)18(12-20)13-27-3/h6-15H,4-5,26H2,1-3H3. The Morgan fingerprint density at radius 2 is 1.94 bits per heavy atom. The van der Waals surface area contributed by atoms with Gasteiger partial charge in [0, 0.05) is 48.0 Å². The Labute approximate surface area is 186 Å². The van der Waals surface area contributed by atoms with Crippen molar-refractivity contribution in [3.8, 4) is 22.8 Å². The Kier molecular flexibility index (Phi) is 5.98. The first kappa shape index (κ1) is 21.2. The average Bonchev–Trinajstić information content (AvgIpc) is 2.81. The Hall–Kier alpha value is -4.00. The van der Waals surface area contributed by atoms with Crippen molar-refractivity contribution in [3.63, 3.8) is 0 Å². The minimum absolute atomic E-state index is 0.188. The van der Waals surface area contributed by atoms with Crippen molar-refractivity contribution in [2.45, 2.75) is 20.3 Å². The highest BCUT2D eigenvalue weighted by atomic mass is 16.5. The van der Waals surface area contributed by atoms with Crippen LogP contribution < -0.4 is 16.0 Å². The lowest BCUT2D eigenvalue weighted by Crippen LogP contribution is -2.21. The number of benzene rings is 2. The van der Waals surface area contributed by atoms with Crippen molar-refractivity contribution < 1.29 is 4.74 Å². The van der Waals surface area contributed by atoms with Crippen LogP contribution in [0.2, 0.25) is 0 Å². The molecule has 0 spiro atoms.